The zero-order valence-corrected chi connectivity index (χ0v) is 17.1. The monoisotopic (exact) mass is 387 g/mol. The normalized spacial score (nSPS) is 11.1. The van der Waals surface area contributed by atoms with E-state index in [4.69, 9.17) is 26.6 Å². The van der Waals surface area contributed by atoms with E-state index in [1.54, 1.807) is 19.2 Å². The standard InChI is InChI=1S/C20H25N3O3S/c1-14-12-16(15(2)22-24-4)10-11-19(14)26-13-17-8-6-7-9-18(17)23(25-5)20(27)21-3/h6-12H,13H2,1-5H3,(H,21,27)/b22-15+. The van der Waals surface area contributed by atoms with E-state index in [0.717, 1.165) is 33.8 Å². The predicted molar refractivity (Wildman–Crippen MR) is 112 cm³/mol. The SMILES string of the molecule is CNC(=S)N(OC)c1ccccc1COc1ccc(/C(C)=N/OC)cc1C. The highest BCUT2D eigenvalue weighted by atomic mass is 32.1. The third-order valence-electron chi connectivity index (χ3n) is 4.00. The van der Waals surface area contributed by atoms with E-state index in [9.17, 15) is 0 Å². The summed E-state index contributed by atoms with van der Waals surface area (Å²) in [5.41, 5.74) is 4.61. The van der Waals surface area contributed by atoms with Crippen LogP contribution in [-0.4, -0.2) is 32.1 Å². The minimum absolute atomic E-state index is 0.383. The Kier molecular flexibility index (Phi) is 7.57. The molecule has 0 aromatic heterocycles. The van der Waals surface area contributed by atoms with Crippen LogP contribution in [0.4, 0.5) is 5.69 Å². The second kappa shape index (κ2) is 9.89. The number of benzene rings is 2. The van der Waals surface area contributed by atoms with Gasteiger partial charge < -0.3 is 14.9 Å². The molecule has 144 valence electrons. The molecule has 0 radical (unpaired) electrons. The lowest BCUT2D eigenvalue weighted by atomic mass is 10.1. The fourth-order valence-electron chi connectivity index (χ4n) is 2.60. The Bertz CT molecular complexity index is 824. The van der Waals surface area contributed by atoms with Crippen molar-refractivity contribution in [2.45, 2.75) is 20.5 Å². The van der Waals surface area contributed by atoms with Crippen LogP contribution < -0.4 is 15.1 Å². The first-order valence-corrected chi connectivity index (χ1v) is 8.88. The molecule has 0 fully saturated rings. The first kappa shape index (κ1) is 20.7. The van der Waals surface area contributed by atoms with Crippen LogP contribution in [-0.2, 0) is 16.3 Å². The van der Waals surface area contributed by atoms with Crippen LogP contribution in [0.15, 0.2) is 47.6 Å². The van der Waals surface area contributed by atoms with Gasteiger partial charge in [-0.1, -0.05) is 23.4 Å². The molecule has 0 saturated carbocycles. The van der Waals surface area contributed by atoms with Gasteiger partial charge in [0.2, 0.25) is 0 Å². The molecule has 0 aliphatic heterocycles. The summed E-state index contributed by atoms with van der Waals surface area (Å²) in [6.07, 6.45) is 0. The zero-order chi connectivity index (χ0) is 19.8. The fraction of sp³-hybridized carbons (Fsp3) is 0.300. The van der Waals surface area contributed by atoms with E-state index in [-0.39, 0.29) is 0 Å². The molecule has 1 N–H and O–H groups in total. The van der Waals surface area contributed by atoms with Gasteiger partial charge in [0.05, 0.1) is 18.5 Å². The molecule has 2 aromatic rings. The van der Waals surface area contributed by atoms with Crippen LogP contribution >= 0.6 is 12.2 Å². The minimum Gasteiger partial charge on any atom is -0.489 e. The first-order chi connectivity index (χ1) is 13.0. The molecule has 0 unspecified atom stereocenters. The summed E-state index contributed by atoms with van der Waals surface area (Å²) in [6, 6.07) is 13.7. The summed E-state index contributed by atoms with van der Waals surface area (Å²) in [4.78, 5) is 10.3. The van der Waals surface area contributed by atoms with Gasteiger partial charge in [-0.3, -0.25) is 4.84 Å². The Morgan fingerprint density at radius 1 is 1.19 bits per heavy atom. The molecule has 0 atom stereocenters. The number of nitrogens with zero attached hydrogens (tertiary/aromatic N) is 2. The lowest BCUT2D eigenvalue weighted by Gasteiger charge is -2.24. The summed E-state index contributed by atoms with van der Waals surface area (Å²) >= 11 is 5.30. The van der Waals surface area contributed by atoms with Crippen molar-refractivity contribution in [2.75, 3.05) is 26.3 Å². The average Bonchev–Trinajstić information content (AvgIpc) is 2.68. The Morgan fingerprint density at radius 2 is 1.93 bits per heavy atom. The van der Waals surface area contributed by atoms with E-state index < -0.39 is 0 Å². The molecule has 0 bridgehead atoms. The number of para-hydroxylation sites is 1. The Labute approximate surface area is 165 Å². The predicted octanol–water partition coefficient (Wildman–Crippen LogP) is 3.82. The number of ether oxygens (including phenoxy) is 1. The van der Waals surface area contributed by atoms with Crippen molar-refractivity contribution in [1.29, 1.82) is 0 Å². The summed E-state index contributed by atoms with van der Waals surface area (Å²) in [5.74, 6) is 0.805. The van der Waals surface area contributed by atoms with Gasteiger partial charge in [0.15, 0.2) is 5.11 Å². The molecular formula is C20H25N3O3S. The van der Waals surface area contributed by atoms with E-state index >= 15 is 0 Å². The van der Waals surface area contributed by atoms with Gasteiger partial charge in [-0.2, -0.15) is 5.06 Å². The quantitative estimate of drug-likeness (QED) is 0.443. The highest BCUT2D eigenvalue weighted by Gasteiger charge is 2.15. The number of aryl methyl sites for hydroxylation is 1. The molecule has 2 aromatic carbocycles. The maximum absolute atomic E-state index is 6.05. The molecule has 0 saturated heterocycles. The minimum atomic E-state index is 0.383. The molecule has 7 heteroatoms. The second-order valence-electron chi connectivity index (χ2n) is 5.79. The van der Waals surface area contributed by atoms with Crippen molar-refractivity contribution in [1.82, 2.24) is 5.32 Å². The van der Waals surface area contributed by atoms with Crippen molar-refractivity contribution < 1.29 is 14.4 Å². The topological polar surface area (TPSA) is 55.3 Å². The molecule has 0 heterocycles. The lowest BCUT2D eigenvalue weighted by molar-refractivity contribution is 0.207. The molecule has 0 amide bonds. The van der Waals surface area contributed by atoms with Gasteiger partial charge in [-0.25, -0.2) is 0 Å². The van der Waals surface area contributed by atoms with E-state index in [1.807, 2.05) is 56.3 Å². The zero-order valence-electron chi connectivity index (χ0n) is 16.3. The van der Waals surface area contributed by atoms with Gasteiger partial charge in [-0.05, 0) is 61.5 Å². The van der Waals surface area contributed by atoms with Crippen molar-refractivity contribution in [3.8, 4) is 5.75 Å². The molecule has 0 aliphatic carbocycles. The van der Waals surface area contributed by atoms with E-state index in [2.05, 4.69) is 10.5 Å². The summed E-state index contributed by atoms with van der Waals surface area (Å²) < 4.78 is 6.05. The third-order valence-corrected chi connectivity index (χ3v) is 4.37. The van der Waals surface area contributed by atoms with Crippen LogP contribution in [0.25, 0.3) is 0 Å². The van der Waals surface area contributed by atoms with Gasteiger partial charge in [0.1, 0.15) is 19.5 Å². The Balaban J connectivity index is 2.20. The molecule has 27 heavy (non-hydrogen) atoms. The fourth-order valence-corrected chi connectivity index (χ4v) is 2.78. The number of hydrogen-bond acceptors (Lipinski definition) is 5. The summed E-state index contributed by atoms with van der Waals surface area (Å²) in [7, 11) is 4.87. The smallest absolute Gasteiger partial charge is 0.197 e. The lowest BCUT2D eigenvalue weighted by Crippen LogP contribution is -2.37. The molecule has 2 rings (SSSR count). The number of hydroxylamine groups is 1. The Morgan fingerprint density at radius 3 is 2.56 bits per heavy atom. The van der Waals surface area contributed by atoms with E-state index in [1.165, 1.54) is 7.11 Å². The van der Waals surface area contributed by atoms with Crippen molar-refractivity contribution >= 4 is 28.7 Å². The van der Waals surface area contributed by atoms with Crippen molar-refractivity contribution in [3.63, 3.8) is 0 Å². The van der Waals surface area contributed by atoms with Gasteiger partial charge >= 0.3 is 0 Å². The summed E-state index contributed by atoms with van der Waals surface area (Å²) in [5, 5.41) is 8.92. The Hall–Kier alpha value is -2.64. The number of hydrogen-bond donors (Lipinski definition) is 1. The number of thiocarbonyl (C=S) groups is 1. The number of rotatable bonds is 7. The highest BCUT2D eigenvalue weighted by Crippen LogP contribution is 2.25. The van der Waals surface area contributed by atoms with Crippen LogP contribution in [0.2, 0.25) is 0 Å². The van der Waals surface area contributed by atoms with Crippen molar-refractivity contribution in [3.05, 3.63) is 59.2 Å². The third kappa shape index (κ3) is 5.18. The van der Waals surface area contributed by atoms with Gasteiger partial charge in [0.25, 0.3) is 0 Å². The van der Waals surface area contributed by atoms with Crippen LogP contribution in [0, 0.1) is 6.92 Å². The number of oxime groups is 1. The van der Waals surface area contributed by atoms with E-state index in [0.29, 0.717) is 11.7 Å². The van der Waals surface area contributed by atoms with Crippen molar-refractivity contribution in [2.24, 2.45) is 5.16 Å². The molecule has 0 aliphatic rings. The average molecular weight is 388 g/mol. The summed E-state index contributed by atoms with van der Waals surface area (Å²) in [6.45, 7) is 4.29. The van der Waals surface area contributed by atoms with Gasteiger partial charge in [-0.15, -0.1) is 0 Å². The highest BCUT2D eigenvalue weighted by molar-refractivity contribution is 7.80. The molecular weight excluding hydrogens is 362 g/mol. The van der Waals surface area contributed by atoms with Crippen LogP contribution in [0.3, 0.4) is 0 Å². The van der Waals surface area contributed by atoms with Gasteiger partial charge in [0, 0.05) is 12.6 Å². The maximum atomic E-state index is 6.05. The first-order valence-electron chi connectivity index (χ1n) is 8.47. The maximum Gasteiger partial charge on any atom is 0.197 e. The largest absolute Gasteiger partial charge is 0.489 e. The molecule has 0 spiro atoms. The second-order valence-corrected chi connectivity index (χ2v) is 6.18. The van der Waals surface area contributed by atoms with Crippen LogP contribution in [0.1, 0.15) is 23.6 Å². The number of anilines is 1. The number of nitrogens with one attached hydrogen (secondary N) is 1. The van der Waals surface area contributed by atoms with Crippen LogP contribution in [0.5, 0.6) is 5.75 Å². The molecule has 6 nitrogen and oxygen atoms in total.